The van der Waals surface area contributed by atoms with Gasteiger partial charge in [0.1, 0.15) is 11.6 Å². The minimum atomic E-state index is -1.51. The summed E-state index contributed by atoms with van der Waals surface area (Å²) in [7, 11) is 0. The number of carbonyl (C=O) groups is 2. The predicted octanol–water partition coefficient (Wildman–Crippen LogP) is 4.01. The first-order valence-electron chi connectivity index (χ1n) is 11.1. The molecule has 2 aromatic carbocycles. The molecule has 0 atom stereocenters. The zero-order valence-electron chi connectivity index (χ0n) is 19.5. The first-order valence-corrected chi connectivity index (χ1v) is 11.1. The summed E-state index contributed by atoms with van der Waals surface area (Å²) in [5.74, 6) is -4.71. The third-order valence-electron chi connectivity index (χ3n) is 5.16. The van der Waals surface area contributed by atoms with Crippen molar-refractivity contribution in [2.24, 2.45) is 0 Å². The van der Waals surface area contributed by atoms with E-state index in [0.29, 0.717) is 48.9 Å². The highest BCUT2D eigenvalue weighted by atomic mass is 19.1. The standard InChI is InChI=1S/2C12H14FNO3/c2*1-3-16-12(17-4-2)9-7-8(13)5-6-10(9)14-11(12)15/h2*5-7H,3-4H2,1-2H3,(H,14,15). The van der Waals surface area contributed by atoms with Crippen LogP contribution in [0.4, 0.5) is 20.2 Å². The molecule has 0 bridgehead atoms. The Kier molecular flexibility index (Phi) is 7.98. The molecule has 0 spiro atoms. The third-order valence-corrected chi connectivity index (χ3v) is 5.16. The van der Waals surface area contributed by atoms with Gasteiger partial charge in [-0.25, -0.2) is 8.78 Å². The molecule has 2 aliphatic heterocycles. The number of fused-ring (bicyclic) bond motifs is 2. The van der Waals surface area contributed by atoms with Crippen LogP contribution in [0, 0.1) is 11.6 Å². The molecule has 2 heterocycles. The van der Waals surface area contributed by atoms with E-state index in [1.807, 2.05) is 0 Å². The van der Waals surface area contributed by atoms with Gasteiger partial charge in [-0.15, -0.1) is 0 Å². The normalized spacial score (nSPS) is 16.8. The number of benzene rings is 2. The monoisotopic (exact) mass is 478 g/mol. The number of anilines is 2. The fraction of sp³-hybridized carbons (Fsp3) is 0.417. The van der Waals surface area contributed by atoms with E-state index in [9.17, 15) is 18.4 Å². The molecule has 184 valence electrons. The Labute approximate surface area is 196 Å². The van der Waals surface area contributed by atoms with Crippen molar-refractivity contribution in [1.29, 1.82) is 0 Å². The van der Waals surface area contributed by atoms with Crippen molar-refractivity contribution in [3.63, 3.8) is 0 Å². The first kappa shape index (κ1) is 25.7. The van der Waals surface area contributed by atoms with Gasteiger partial charge in [0, 0.05) is 37.6 Å². The Balaban J connectivity index is 0.000000191. The van der Waals surface area contributed by atoms with Crippen molar-refractivity contribution in [3.05, 3.63) is 59.2 Å². The van der Waals surface area contributed by atoms with Gasteiger partial charge in [0.15, 0.2) is 0 Å². The van der Waals surface area contributed by atoms with Crippen molar-refractivity contribution >= 4 is 23.2 Å². The maximum absolute atomic E-state index is 13.3. The molecule has 0 radical (unpaired) electrons. The lowest BCUT2D eigenvalue weighted by molar-refractivity contribution is -0.227. The molecular formula is C24H28F2N2O6. The average Bonchev–Trinajstić information content (AvgIpc) is 3.21. The van der Waals surface area contributed by atoms with E-state index in [4.69, 9.17) is 18.9 Å². The van der Waals surface area contributed by atoms with Crippen LogP contribution in [0.5, 0.6) is 0 Å². The summed E-state index contributed by atoms with van der Waals surface area (Å²) in [6.07, 6.45) is 0. The van der Waals surface area contributed by atoms with E-state index in [1.54, 1.807) is 27.7 Å². The molecule has 4 rings (SSSR count). The summed E-state index contributed by atoms with van der Waals surface area (Å²) in [5.41, 5.74) is 1.84. The molecule has 34 heavy (non-hydrogen) atoms. The van der Waals surface area contributed by atoms with E-state index in [2.05, 4.69) is 10.6 Å². The van der Waals surface area contributed by atoms with Crippen LogP contribution in [-0.2, 0) is 40.1 Å². The molecule has 0 unspecified atom stereocenters. The fourth-order valence-corrected chi connectivity index (χ4v) is 3.92. The van der Waals surface area contributed by atoms with Gasteiger partial charge in [-0.3, -0.25) is 9.59 Å². The number of hydrogen-bond donors (Lipinski definition) is 2. The molecule has 2 aliphatic rings. The van der Waals surface area contributed by atoms with Crippen LogP contribution in [0.2, 0.25) is 0 Å². The van der Waals surface area contributed by atoms with Gasteiger partial charge in [-0.05, 0) is 64.1 Å². The van der Waals surface area contributed by atoms with Crippen LogP contribution in [-0.4, -0.2) is 38.2 Å². The molecule has 2 aromatic rings. The highest BCUT2D eigenvalue weighted by Gasteiger charge is 2.50. The highest BCUT2D eigenvalue weighted by molar-refractivity contribution is 6.04. The number of rotatable bonds is 8. The third kappa shape index (κ3) is 4.54. The highest BCUT2D eigenvalue weighted by Crippen LogP contribution is 2.41. The summed E-state index contributed by atoms with van der Waals surface area (Å²) in [6.45, 7) is 8.20. The molecule has 0 aliphatic carbocycles. The smallest absolute Gasteiger partial charge is 0.289 e. The summed E-state index contributed by atoms with van der Waals surface area (Å²) in [4.78, 5) is 23.9. The van der Waals surface area contributed by atoms with E-state index in [0.717, 1.165) is 0 Å². The number of nitrogens with one attached hydrogen (secondary N) is 2. The SMILES string of the molecule is CCOC1(OCC)C(=O)Nc2ccc(F)cc21.CCOC1(OCC)C(=O)Nc2ccc(F)cc21. The second-order valence-corrected chi connectivity index (χ2v) is 7.25. The van der Waals surface area contributed by atoms with Gasteiger partial charge in [0.05, 0.1) is 11.4 Å². The summed E-state index contributed by atoms with van der Waals surface area (Å²) < 4.78 is 48.2. The summed E-state index contributed by atoms with van der Waals surface area (Å²) in [5, 5.41) is 5.26. The Morgan fingerprint density at radius 2 is 0.971 bits per heavy atom. The average molecular weight is 478 g/mol. The minimum absolute atomic E-state index is 0.295. The number of ether oxygens (including phenoxy) is 4. The number of hydrogen-bond acceptors (Lipinski definition) is 6. The van der Waals surface area contributed by atoms with Crippen LogP contribution in [0.25, 0.3) is 0 Å². The zero-order valence-corrected chi connectivity index (χ0v) is 19.5. The van der Waals surface area contributed by atoms with Gasteiger partial charge in [-0.1, -0.05) is 0 Å². The van der Waals surface area contributed by atoms with Crippen molar-refractivity contribution in [2.75, 3.05) is 37.1 Å². The molecule has 0 aromatic heterocycles. The second kappa shape index (κ2) is 10.6. The van der Waals surface area contributed by atoms with Gasteiger partial charge in [0.25, 0.3) is 23.4 Å². The largest absolute Gasteiger partial charge is 0.339 e. The van der Waals surface area contributed by atoms with Crippen LogP contribution in [0.1, 0.15) is 38.8 Å². The van der Waals surface area contributed by atoms with Gasteiger partial charge in [-0.2, -0.15) is 0 Å². The first-order chi connectivity index (χ1) is 16.3. The number of amides is 2. The van der Waals surface area contributed by atoms with Crippen LogP contribution >= 0.6 is 0 Å². The van der Waals surface area contributed by atoms with Crippen molar-refractivity contribution in [2.45, 2.75) is 39.3 Å². The van der Waals surface area contributed by atoms with E-state index < -0.39 is 35.0 Å². The molecule has 0 saturated carbocycles. The lowest BCUT2D eigenvalue weighted by Crippen LogP contribution is -2.40. The summed E-state index contributed by atoms with van der Waals surface area (Å²) in [6, 6.07) is 8.10. The van der Waals surface area contributed by atoms with Crippen LogP contribution in [0.15, 0.2) is 36.4 Å². The Morgan fingerprint density at radius 3 is 1.26 bits per heavy atom. The quantitative estimate of drug-likeness (QED) is 0.557. The predicted molar refractivity (Wildman–Crippen MR) is 120 cm³/mol. The molecule has 10 heteroatoms. The molecular weight excluding hydrogens is 450 g/mol. The van der Waals surface area contributed by atoms with E-state index in [1.165, 1.54) is 36.4 Å². The molecule has 8 nitrogen and oxygen atoms in total. The number of carbonyl (C=O) groups excluding carboxylic acids is 2. The van der Waals surface area contributed by atoms with Crippen molar-refractivity contribution in [1.82, 2.24) is 0 Å². The van der Waals surface area contributed by atoms with Crippen molar-refractivity contribution in [3.8, 4) is 0 Å². The Bertz CT molecular complexity index is 966. The van der Waals surface area contributed by atoms with Gasteiger partial charge >= 0.3 is 0 Å². The Hall–Kier alpha value is -2.92. The molecule has 2 N–H and O–H groups in total. The number of halogens is 2. The maximum Gasteiger partial charge on any atom is 0.289 e. The summed E-state index contributed by atoms with van der Waals surface area (Å²) >= 11 is 0. The van der Waals surface area contributed by atoms with Crippen LogP contribution in [0.3, 0.4) is 0 Å². The molecule has 0 saturated heterocycles. The van der Waals surface area contributed by atoms with Crippen LogP contribution < -0.4 is 10.6 Å². The zero-order chi connectivity index (χ0) is 24.9. The lowest BCUT2D eigenvalue weighted by Gasteiger charge is -2.26. The molecule has 2 amide bonds. The van der Waals surface area contributed by atoms with Crippen molar-refractivity contribution < 1.29 is 37.3 Å². The van der Waals surface area contributed by atoms with E-state index in [-0.39, 0.29) is 0 Å². The molecule has 0 fully saturated rings. The lowest BCUT2D eigenvalue weighted by atomic mass is 10.1. The van der Waals surface area contributed by atoms with Gasteiger partial charge < -0.3 is 29.6 Å². The minimum Gasteiger partial charge on any atom is -0.339 e. The second-order valence-electron chi connectivity index (χ2n) is 7.25. The Morgan fingerprint density at radius 1 is 0.647 bits per heavy atom. The van der Waals surface area contributed by atoms with Gasteiger partial charge in [0.2, 0.25) is 0 Å². The fourth-order valence-electron chi connectivity index (χ4n) is 3.92. The topological polar surface area (TPSA) is 95.1 Å². The maximum atomic E-state index is 13.3. The van der Waals surface area contributed by atoms with E-state index >= 15 is 0 Å².